The number of aliphatic hydroxyl groups is 1. The molecule has 4 unspecified atom stereocenters. The zero-order valence-electron chi connectivity index (χ0n) is 39.1. The van der Waals surface area contributed by atoms with E-state index in [9.17, 15) is 9.90 Å². The minimum Gasteiger partial charge on any atom is -0.462 e. The summed E-state index contributed by atoms with van der Waals surface area (Å²) in [5.41, 5.74) is 3.81. The van der Waals surface area contributed by atoms with Crippen LogP contribution in [0.4, 0.5) is 5.69 Å². The number of esters is 1. The van der Waals surface area contributed by atoms with Gasteiger partial charge >= 0.3 is 5.97 Å². The summed E-state index contributed by atoms with van der Waals surface area (Å²) in [6.07, 6.45) is 3.54. The Kier molecular flexibility index (Phi) is 15.6. The monoisotopic (exact) mass is 869 g/mol. The number of anilines is 1. The number of allylic oxidation sites excluding steroid dienone is 2. The van der Waals surface area contributed by atoms with Crippen molar-refractivity contribution in [3.63, 3.8) is 0 Å². The van der Waals surface area contributed by atoms with Gasteiger partial charge in [0.1, 0.15) is 24.4 Å². The highest BCUT2D eigenvalue weighted by Crippen LogP contribution is 2.57. The fraction of sp³-hybridized carbons (Fsp3) is 0.796. The Hall–Kier alpha value is -2.46. The van der Waals surface area contributed by atoms with Crippen molar-refractivity contribution >= 4 is 17.4 Å². The average molecular weight is 869 g/mol. The molecular formula is C49H76N2O11. The topological polar surface area (TPSA) is 143 Å². The van der Waals surface area contributed by atoms with E-state index in [0.29, 0.717) is 43.7 Å². The van der Waals surface area contributed by atoms with Crippen LogP contribution in [0, 0.1) is 49.4 Å². The Morgan fingerprint density at radius 1 is 0.871 bits per heavy atom. The van der Waals surface area contributed by atoms with Gasteiger partial charge in [0.15, 0.2) is 18.4 Å². The predicted octanol–water partition coefficient (Wildman–Crippen LogP) is 6.39. The van der Waals surface area contributed by atoms with Crippen LogP contribution in [0.5, 0.6) is 0 Å². The van der Waals surface area contributed by atoms with Crippen LogP contribution in [0.1, 0.15) is 96.6 Å². The third-order valence-corrected chi connectivity index (χ3v) is 15.6. The van der Waals surface area contributed by atoms with Gasteiger partial charge in [-0.05, 0) is 128 Å². The summed E-state index contributed by atoms with van der Waals surface area (Å²) in [4.78, 5) is 31.3. The number of ketones is 1. The Balaban J connectivity index is 1.21. The third kappa shape index (κ3) is 9.72. The van der Waals surface area contributed by atoms with Crippen LogP contribution in [0.15, 0.2) is 29.8 Å². The molecule has 7 rings (SSSR count). The summed E-state index contributed by atoms with van der Waals surface area (Å²) in [6, 6.07) is 6.23. The molecule has 3 aliphatic carbocycles. The molecule has 0 aromatic heterocycles. The van der Waals surface area contributed by atoms with E-state index in [1.165, 1.54) is 0 Å². The zero-order valence-corrected chi connectivity index (χ0v) is 39.1. The molecule has 3 aliphatic heterocycles. The molecule has 0 radical (unpaired) electrons. The number of fused-ring (bicyclic) bond motifs is 5. The molecule has 3 heterocycles. The van der Waals surface area contributed by atoms with Crippen molar-refractivity contribution in [3.05, 3.63) is 41.0 Å². The summed E-state index contributed by atoms with van der Waals surface area (Å²) in [6.45, 7) is 12.2. The molecule has 2 saturated carbocycles. The van der Waals surface area contributed by atoms with Crippen LogP contribution in [-0.2, 0) is 47.5 Å². The third-order valence-electron chi connectivity index (χ3n) is 15.6. The van der Waals surface area contributed by atoms with Crippen molar-refractivity contribution < 1.29 is 52.6 Å². The summed E-state index contributed by atoms with van der Waals surface area (Å²) in [5, 5.41) is 16.6. The highest BCUT2D eigenvalue weighted by molar-refractivity contribution is 5.99. The molecule has 62 heavy (non-hydrogen) atoms. The van der Waals surface area contributed by atoms with Crippen molar-refractivity contribution in [2.45, 2.75) is 179 Å². The molecule has 13 heteroatoms. The number of hydrogen-bond acceptors (Lipinski definition) is 13. The molecule has 0 amide bonds. The fourth-order valence-electron chi connectivity index (χ4n) is 12.4. The molecule has 0 bridgehead atoms. The van der Waals surface area contributed by atoms with E-state index in [2.05, 4.69) is 69.4 Å². The number of carbonyl (C=O) groups excluding carboxylic acids is 2. The Bertz CT molecular complexity index is 1720. The molecule has 6 aliphatic rings. The summed E-state index contributed by atoms with van der Waals surface area (Å²) < 4.78 is 50.4. The van der Waals surface area contributed by atoms with Crippen molar-refractivity contribution in [2.24, 2.45) is 35.5 Å². The number of nitrogens with zero attached hydrogens (tertiary/aromatic N) is 1. The number of nitrogens with one attached hydrogen (secondary N) is 1. The van der Waals surface area contributed by atoms with Crippen LogP contribution in [0.3, 0.4) is 0 Å². The number of methoxy groups -OCH3 is 3. The lowest BCUT2D eigenvalue weighted by atomic mass is 9.62. The second-order valence-corrected chi connectivity index (χ2v) is 19.6. The minimum atomic E-state index is -0.878. The molecule has 0 spiro atoms. The zero-order chi connectivity index (χ0) is 44.6. The van der Waals surface area contributed by atoms with Crippen LogP contribution in [-0.4, -0.2) is 137 Å². The van der Waals surface area contributed by atoms with Crippen LogP contribution in [0.25, 0.3) is 0 Å². The maximum absolute atomic E-state index is 15.1. The average Bonchev–Trinajstić information content (AvgIpc) is 3.82. The van der Waals surface area contributed by atoms with E-state index >= 15 is 4.79 Å². The standard InChI is InChI=1S/C49H76N2O11/c1-12-30-14-13-15-39(62-41-19-18-38(51(7)8)28(5)58-41)27(4)44(53)36-23-33-32-21-31(61-49-48(57-11)47(56-10)46(55-9)29(6)59-49)22-35(32)43(50-37-17-16-25(2)20-26(37)3)45(54)42(33)34(36)24-40(52)60-30/h16-17,20,23,27-35,38-39,41-43,45-50,54H,12-15,18-19,21-22,24H2,1-11H3/t27-,28?,29?,30+,31+,32+,33+,34-,35-,38+,39+,41+,42-,43+,45+,46+,47?,48?,49+/m1/s1. The lowest BCUT2D eigenvalue weighted by molar-refractivity contribution is -0.314. The number of aliphatic hydroxyl groups excluding tert-OH is 1. The first-order valence-corrected chi connectivity index (χ1v) is 23.5. The van der Waals surface area contributed by atoms with Gasteiger partial charge in [-0.25, -0.2) is 0 Å². The maximum atomic E-state index is 15.1. The first-order valence-electron chi connectivity index (χ1n) is 23.5. The number of cyclic esters (lactones) is 1. The SMILES string of the molecule is CC[C@H]1CCC[C@H](O[C@H]2CC[C@H](N(C)C)C(C)O2)[C@@H](C)C(=O)C2=C[C@H]3[C@@H]4C[C@H](O[C@@H]5OC(C)[C@H](OC)C(OC)C5OC)C[C@H]4[C@H](Nc4ccc(C)cc4C)[C@@H](O)[C@H]3[C@@H]2CC(=O)O1. The van der Waals surface area contributed by atoms with Gasteiger partial charge < -0.3 is 53.2 Å². The van der Waals surface area contributed by atoms with Gasteiger partial charge in [-0.1, -0.05) is 37.6 Å². The van der Waals surface area contributed by atoms with Crippen molar-refractivity contribution in [2.75, 3.05) is 40.7 Å². The van der Waals surface area contributed by atoms with Crippen LogP contribution < -0.4 is 5.32 Å². The smallest absolute Gasteiger partial charge is 0.306 e. The van der Waals surface area contributed by atoms with Gasteiger partial charge in [0.25, 0.3) is 0 Å². The quantitative estimate of drug-likeness (QED) is 0.238. The number of rotatable bonds is 11. The molecule has 2 N–H and O–H groups in total. The van der Waals surface area contributed by atoms with Gasteiger partial charge in [0.2, 0.25) is 0 Å². The molecular weight excluding hydrogens is 793 g/mol. The van der Waals surface area contributed by atoms with E-state index in [-0.39, 0.29) is 78.6 Å². The van der Waals surface area contributed by atoms with Crippen molar-refractivity contribution in [1.82, 2.24) is 4.90 Å². The lowest BCUT2D eigenvalue weighted by Crippen LogP contribution is -2.59. The molecule has 19 atom stereocenters. The molecule has 13 nitrogen and oxygen atoms in total. The Morgan fingerprint density at radius 3 is 2.26 bits per heavy atom. The number of Topliss-reactive ketones (excluding diaryl/α,β-unsaturated/α-hetero) is 1. The number of carbonyl (C=O) groups is 2. The molecule has 5 fully saturated rings. The normalized spacial score (nSPS) is 42.9. The van der Waals surface area contributed by atoms with Crippen LogP contribution >= 0.6 is 0 Å². The molecule has 1 aromatic rings. The Morgan fingerprint density at radius 2 is 1.60 bits per heavy atom. The highest BCUT2D eigenvalue weighted by Gasteiger charge is 2.60. The van der Waals surface area contributed by atoms with E-state index in [0.717, 1.165) is 36.1 Å². The first-order chi connectivity index (χ1) is 29.7. The Labute approximate surface area is 370 Å². The van der Waals surface area contributed by atoms with Crippen molar-refractivity contribution in [1.29, 1.82) is 0 Å². The summed E-state index contributed by atoms with van der Waals surface area (Å²) in [7, 11) is 9.09. The number of benzene rings is 1. The predicted molar refractivity (Wildman–Crippen MR) is 234 cm³/mol. The number of likely N-dealkylation sites (N-methyl/N-ethyl adjacent to an activating group) is 1. The summed E-state index contributed by atoms with van der Waals surface area (Å²) >= 11 is 0. The van der Waals surface area contributed by atoms with Gasteiger partial charge in [0.05, 0.1) is 43.0 Å². The van der Waals surface area contributed by atoms with Gasteiger partial charge in [0, 0.05) is 50.8 Å². The van der Waals surface area contributed by atoms with Crippen molar-refractivity contribution in [3.8, 4) is 0 Å². The number of aryl methyl sites for hydroxylation is 2. The summed E-state index contributed by atoms with van der Waals surface area (Å²) in [5.74, 6) is -1.90. The van der Waals surface area contributed by atoms with E-state index in [1.54, 1.807) is 21.3 Å². The van der Waals surface area contributed by atoms with E-state index in [1.807, 2.05) is 20.8 Å². The van der Waals surface area contributed by atoms with Crippen LogP contribution in [0.2, 0.25) is 0 Å². The number of hydrogen-bond donors (Lipinski definition) is 2. The van der Waals surface area contributed by atoms with E-state index in [4.69, 9.17) is 37.9 Å². The second-order valence-electron chi connectivity index (χ2n) is 19.6. The maximum Gasteiger partial charge on any atom is 0.306 e. The second kappa shape index (κ2) is 20.4. The molecule has 1 aromatic carbocycles. The molecule has 3 saturated heterocycles. The fourth-order valence-corrected chi connectivity index (χ4v) is 12.4. The van der Waals surface area contributed by atoms with Gasteiger partial charge in [-0.2, -0.15) is 0 Å². The van der Waals surface area contributed by atoms with Gasteiger partial charge in [-0.3, -0.25) is 9.59 Å². The highest BCUT2D eigenvalue weighted by atomic mass is 16.7. The molecule has 348 valence electrons. The first kappa shape index (κ1) is 47.5. The number of ether oxygens (including phenoxy) is 8. The lowest BCUT2D eigenvalue weighted by Gasteiger charge is -2.47. The largest absolute Gasteiger partial charge is 0.462 e. The van der Waals surface area contributed by atoms with E-state index < -0.39 is 48.6 Å². The minimum absolute atomic E-state index is 0.00836. The van der Waals surface area contributed by atoms with Gasteiger partial charge in [-0.15, -0.1) is 0 Å².